The standard InChI is InChI=1S/C21H31N3O2.C2HF3O2/c1-23-18-15-19(25-2)20(26-13-7-12-24-10-5-6-11-24)14-17(18)22-21(23)16-8-3-4-9-16;3-2(4,5)1(6)7/h14-16H,3-13H2,1-2H3;(H,6,7). The fourth-order valence-corrected chi connectivity index (χ4v) is 4.52. The zero-order valence-corrected chi connectivity index (χ0v) is 19.2. The average Bonchev–Trinajstić information content (AvgIpc) is 3.53. The molecule has 1 saturated carbocycles. The minimum atomic E-state index is -5.08. The summed E-state index contributed by atoms with van der Waals surface area (Å²) in [5.74, 6) is 0.679. The van der Waals surface area contributed by atoms with Gasteiger partial charge in [0.15, 0.2) is 11.5 Å². The van der Waals surface area contributed by atoms with Crippen LogP contribution in [0.2, 0.25) is 0 Å². The lowest BCUT2D eigenvalue weighted by Gasteiger charge is -2.15. The van der Waals surface area contributed by atoms with Crippen molar-refractivity contribution in [1.82, 2.24) is 14.5 Å². The third-order valence-electron chi connectivity index (χ3n) is 6.24. The molecular formula is C23H32F3N3O4. The highest BCUT2D eigenvalue weighted by molar-refractivity contribution is 5.80. The second-order valence-electron chi connectivity index (χ2n) is 8.56. The number of aliphatic carboxylic acids is 1. The Morgan fingerprint density at radius 1 is 1.15 bits per heavy atom. The van der Waals surface area contributed by atoms with E-state index in [4.69, 9.17) is 24.4 Å². The smallest absolute Gasteiger partial charge is 0.490 e. The minimum Gasteiger partial charge on any atom is -0.493 e. The van der Waals surface area contributed by atoms with Crippen molar-refractivity contribution in [1.29, 1.82) is 0 Å². The summed E-state index contributed by atoms with van der Waals surface area (Å²) in [7, 11) is 3.84. The molecule has 2 aromatic rings. The summed E-state index contributed by atoms with van der Waals surface area (Å²) in [4.78, 5) is 16.4. The van der Waals surface area contributed by atoms with Gasteiger partial charge in [0.05, 0.1) is 24.8 Å². The summed E-state index contributed by atoms with van der Waals surface area (Å²) in [6.45, 7) is 4.33. The van der Waals surface area contributed by atoms with E-state index in [1.807, 2.05) is 0 Å². The molecule has 2 heterocycles. The van der Waals surface area contributed by atoms with Gasteiger partial charge in [-0.25, -0.2) is 9.78 Å². The highest BCUT2D eigenvalue weighted by Gasteiger charge is 2.38. The maximum atomic E-state index is 10.6. The number of hydrogen-bond acceptors (Lipinski definition) is 5. The van der Waals surface area contributed by atoms with E-state index in [2.05, 4.69) is 28.6 Å². The fraction of sp³-hybridized carbons (Fsp3) is 0.652. The van der Waals surface area contributed by atoms with Crippen LogP contribution in [0.15, 0.2) is 12.1 Å². The molecule has 2 aliphatic rings. The number of methoxy groups -OCH3 is 1. The molecule has 33 heavy (non-hydrogen) atoms. The highest BCUT2D eigenvalue weighted by atomic mass is 19.4. The molecule has 1 aliphatic carbocycles. The van der Waals surface area contributed by atoms with E-state index in [0.717, 1.165) is 42.1 Å². The van der Waals surface area contributed by atoms with E-state index in [9.17, 15) is 13.2 Å². The van der Waals surface area contributed by atoms with Crippen LogP contribution in [0.1, 0.15) is 56.7 Å². The number of benzene rings is 1. The van der Waals surface area contributed by atoms with Crippen LogP contribution in [-0.4, -0.2) is 65.1 Å². The number of aryl methyl sites for hydroxylation is 1. The first-order valence-electron chi connectivity index (χ1n) is 11.4. The van der Waals surface area contributed by atoms with Crippen LogP contribution in [0.3, 0.4) is 0 Å². The molecule has 1 aromatic carbocycles. The Labute approximate surface area is 191 Å². The van der Waals surface area contributed by atoms with E-state index < -0.39 is 12.1 Å². The van der Waals surface area contributed by atoms with Crippen LogP contribution in [0, 0.1) is 0 Å². The van der Waals surface area contributed by atoms with Crippen molar-refractivity contribution in [3.8, 4) is 11.5 Å². The molecule has 0 radical (unpaired) electrons. The van der Waals surface area contributed by atoms with Gasteiger partial charge in [-0.1, -0.05) is 12.8 Å². The third kappa shape index (κ3) is 6.52. The number of imidazole rings is 1. The molecule has 1 saturated heterocycles. The Bertz CT molecular complexity index is 933. The number of fused-ring (bicyclic) bond motifs is 1. The van der Waals surface area contributed by atoms with Crippen LogP contribution in [-0.2, 0) is 11.8 Å². The van der Waals surface area contributed by atoms with Crippen LogP contribution in [0.5, 0.6) is 11.5 Å². The van der Waals surface area contributed by atoms with Gasteiger partial charge >= 0.3 is 12.1 Å². The SMILES string of the molecule is COc1cc2c(cc1OCCCN1CCCC1)nc(C1CCCC1)n2C.O=C(O)C(F)(F)F. The van der Waals surface area contributed by atoms with Gasteiger partial charge < -0.3 is 24.0 Å². The molecule has 2 fully saturated rings. The van der Waals surface area contributed by atoms with Gasteiger partial charge in [0.2, 0.25) is 0 Å². The first-order chi connectivity index (χ1) is 15.7. The highest BCUT2D eigenvalue weighted by Crippen LogP contribution is 2.37. The summed E-state index contributed by atoms with van der Waals surface area (Å²) in [5.41, 5.74) is 2.15. The molecule has 1 aliphatic heterocycles. The minimum absolute atomic E-state index is 0.600. The number of alkyl halides is 3. The lowest BCUT2D eigenvalue weighted by Crippen LogP contribution is -2.21. The Morgan fingerprint density at radius 2 is 1.79 bits per heavy atom. The number of rotatable bonds is 7. The quantitative estimate of drug-likeness (QED) is 0.588. The lowest BCUT2D eigenvalue weighted by atomic mass is 10.1. The van der Waals surface area contributed by atoms with Crippen LogP contribution >= 0.6 is 0 Å². The monoisotopic (exact) mass is 471 g/mol. The number of carboxylic acid groups (broad SMARTS) is 1. The van der Waals surface area contributed by atoms with Gasteiger partial charge in [0.25, 0.3) is 0 Å². The molecule has 1 aromatic heterocycles. The number of ether oxygens (including phenoxy) is 2. The van der Waals surface area contributed by atoms with Crippen molar-refractivity contribution in [2.24, 2.45) is 7.05 Å². The van der Waals surface area contributed by atoms with Crippen molar-refractivity contribution in [2.75, 3.05) is 33.4 Å². The Hall–Kier alpha value is -2.49. The fourth-order valence-electron chi connectivity index (χ4n) is 4.52. The molecule has 0 atom stereocenters. The zero-order valence-electron chi connectivity index (χ0n) is 19.2. The van der Waals surface area contributed by atoms with Crippen molar-refractivity contribution in [3.63, 3.8) is 0 Å². The normalized spacial score (nSPS) is 17.2. The number of carbonyl (C=O) groups is 1. The van der Waals surface area contributed by atoms with Crippen LogP contribution in [0.4, 0.5) is 13.2 Å². The summed E-state index contributed by atoms with van der Waals surface area (Å²) < 4.78 is 45.6. The number of carboxylic acids is 1. The number of hydrogen-bond donors (Lipinski definition) is 1. The largest absolute Gasteiger partial charge is 0.493 e. The molecular weight excluding hydrogens is 439 g/mol. The van der Waals surface area contributed by atoms with Gasteiger partial charge in [0, 0.05) is 31.6 Å². The van der Waals surface area contributed by atoms with Gasteiger partial charge in [-0.2, -0.15) is 13.2 Å². The topological polar surface area (TPSA) is 76.8 Å². The number of aromatic nitrogens is 2. The van der Waals surface area contributed by atoms with E-state index in [-0.39, 0.29) is 0 Å². The number of likely N-dealkylation sites (tertiary alicyclic amines) is 1. The predicted octanol–water partition coefficient (Wildman–Crippen LogP) is 4.74. The second-order valence-corrected chi connectivity index (χ2v) is 8.56. The maximum absolute atomic E-state index is 10.6. The van der Waals surface area contributed by atoms with Crippen LogP contribution < -0.4 is 9.47 Å². The van der Waals surface area contributed by atoms with Gasteiger partial charge in [0.1, 0.15) is 5.82 Å². The van der Waals surface area contributed by atoms with E-state index in [1.165, 1.54) is 57.4 Å². The maximum Gasteiger partial charge on any atom is 0.490 e. The van der Waals surface area contributed by atoms with Crippen molar-refractivity contribution < 1.29 is 32.5 Å². The van der Waals surface area contributed by atoms with Crippen molar-refractivity contribution >= 4 is 17.0 Å². The Kier molecular flexibility index (Phi) is 8.45. The molecule has 7 nitrogen and oxygen atoms in total. The predicted molar refractivity (Wildman–Crippen MR) is 118 cm³/mol. The first-order valence-corrected chi connectivity index (χ1v) is 11.4. The molecule has 184 valence electrons. The molecule has 0 bridgehead atoms. The molecule has 4 rings (SSSR count). The Morgan fingerprint density at radius 3 is 2.36 bits per heavy atom. The zero-order chi connectivity index (χ0) is 24.0. The summed E-state index contributed by atoms with van der Waals surface area (Å²) in [6, 6.07) is 4.14. The van der Waals surface area contributed by atoms with E-state index in [0.29, 0.717) is 5.92 Å². The van der Waals surface area contributed by atoms with Gasteiger partial charge in [-0.05, 0) is 45.2 Å². The summed E-state index contributed by atoms with van der Waals surface area (Å²) >= 11 is 0. The third-order valence-corrected chi connectivity index (χ3v) is 6.24. The molecule has 0 amide bonds. The van der Waals surface area contributed by atoms with Crippen LogP contribution in [0.25, 0.3) is 11.0 Å². The summed E-state index contributed by atoms with van der Waals surface area (Å²) in [5, 5.41) is 7.12. The first kappa shape index (κ1) is 25.1. The van der Waals surface area contributed by atoms with E-state index >= 15 is 0 Å². The molecule has 0 unspecified atom stereocenters. The van der Waals surface area contributed by atoms with Crippen molar-refractivity contribution in [3.05, 3.63) is 18.0 Å². The number of nitrogens with zero attached hydrogens (tertiary/aromatic N) is 3. The van der Waals surface area contributed by atoms with Gasteiger partial charge in [-0.15, -0.1) is 0 Å². The number of halogens is 3. The lowest BCUT2D eigenvalue weighted by molar-refractivity contribution is -0.192. The van der Waals surface area contributed by atoms with Gasteiger partial charge in [-0.3, -0.25) is 0 Å². The molecule has 10 heteroatoms. The Balaban J connectivity index is 0.000000383. The second kappa shape index (κ2) is 11.1. The van der Waals surface area contributed by atoms with E-state index in [1.54, 1.807) is 7.11 Å². The molecule has 0 spiro atoms. The summed E-state index contributed by atoms with van der Waals surface area (Å²) in [6.07, 6.45) is 3.81. The molecule has 1 N–H and O–H groups in total. The average molecular weight is 472 g/mol. The van der Waals surface area contributed by atoms with Crippen molar-refractivity contribution in [2.45, 2.75) is 57.0 Å².